The molecule has 0 aromatic heterocycles. The smallest absolute Gasteiger partial charge is 0.0848 e. The molecule has 0 fully saturated rings. The Morgan fingerprint density at radius 3 is 2.75 bits per heavy atom. The minimum atomic E-state index is -0.279. The van der Waals surface area contributed by atoms with E-state index in [2.05, 4.69) is 5.92 Å². The molecule has 0 rings (SSSR count). The van der Waals surface area contributed by atoms with E-state index in [1.54, 1.807) is 12.2 Å². The molecular weight excluding hydrogens is 100 g/mol. The van der Waals surface area contributed by atoms with Gasteiger partial charge in [0.15, 0.2) is 0 Å². The third-order valence-corrected chi connectivity index (χ3v) is 0.672. The Morgan fingerprint density at radius 2 is 2.38 bits per heavy atom. The zero-order valence-corrected chi connectivity index (χ0v) is 4.67. The van der Waals surface area contributed by atoms with Gasteiger partial charge in [0, 0.05) is 6.54 Å². The van der Waals surface area contributed by atoms with Crippen LogP contribution in [0.15, 0.2) is 12.2 Å². The third-order valence-electron chi connectivity index (χ3n) is 0.672. The van der Waals surface area contributed by atoms with E-state index in [1.807, 2.05) is 0 Å². The van der Waals surface area contributed by atoms with E-state index in [1.165, 1.54) is 0 Å². The standard InChI is InChI=1S/C6H10N2/c1-2-6(8)4-3-5-7/h1,3-4,6H,5,7-8H2/b4-3+. The van der Waals surface area contributed by atoms with E-state index < -0.39 is 0 Å². The summed E-state index contributed by atoms with van der Waals surface area (Å²) in [5.41, 5.74) is 10.4. The van der Waals surface area contributed by atoms with Crippen molar-refractivity contribution in [2.45, 2.75) is 6.04 Å². The molecule has 8 heavy (non-hydrogen) atoms. The summed E-state index contributed by atoms with van der Waals surface area (Å²) in [6, 6.07) is -0.279. The van der Waals surface area contributed by atoms with Gasteiger partial charge in [-0.15, -0.1) is 6.42 Å². The zero-order valence-electron chi connectivity index (χ0n) is 4.67. The third kappa shape index (κ3) is 3.41. The summed E-state index contributed by atoms with van der Waals surface area (Å²) < 4.78 is 0. The van der Waals surface area contributed by atoms with Gasteiger partial charge in [-0.3, -0.25) is 0 Å². The van der Waals surface area contributed by atoms with E-state index in [-0.39, 0.29) is 6.04 Å². The predicted octanol–water partition coefficient (Wildman–Crippen LogP) is -0.538. The van der Waals surface area contributed by atoms with Crippen molar-refractivity contribution in [1.29, 1.82) is 0 Å². The fraction of sp³-hybridized carbons (Fsp3) is 0.333. The fourth-order valence-electron chi connectivity index (χ4n) is 0.281. The van der Waals surface area contributed by atoms with Crippen LogP contribution in [0.5, 0.6) is 0 Å². The minimum Gasteiger partial charge on any atom is -0.327 e. The number of hydrogen-bond acceptors (Lipinski definition) is 2. The first-order chi connectivity index (χ1) is 3.81. The highest BCUT2D eigenvalue weighted by molar-refractivity contribution is 5.09. The van der Waals surface area contributed by atoms with Crippen molar-refractivity contribution in [3.05, 3.63) is 12.2 Å². The maximum atomic E-state index is 5.28. The lowest BCUT2D eigenvalue weighted by molar-refractivity contribution is 1.05. The molecule has 0 amide bonds. The Balaban J connectivity index is 3.40. The van der Waals surface area contributed by atoms with Crippen LogP contribution >= 0.6 is 0 Å². The van der Waals surface area contributed by atoms with Crippen molar-refractivity contribution < 1.29 is 0 Å². The van der Waals surface area contributed by atoms with Gasteiger partial charge in [0.1, 0.15) is 0 Å². The summed E-state index contributed by atoms with van der Waals surface area (Å²) in [6.45, 7) is 0.495. The number of rotatable bonds is 2. The largest absolute Gasteiger partial charge is 0.327 e. The number of terminal acetylenes is 1. The predicted molar refractivity (Wildman–Crippen MR) is 35.0 cm³/mol. The summed E-state index contributed by atoms with van der Waals surface area (Å²) in [5, 5.41) is 0. The monoisotopic (exact) mass is 110 g/mol. The van der Waals surface area contributed by atoms with Crippen LogP contribution in [0.4, 0.5) is 0 Å². The lowest BCUT2D eigenvalue weighted by Crippen LogP contribution is -2.13. The van der Waals surface area contributed by atoms with Crippen LogP contribution in [0, 0.1) is 12.3 Å². The van der Waals surface area contributed by atoms with Crippen LogP contribution in [0.1, 0.15) is 0 Å². The molecule has 1 unspecified atom stereocenters. The molecule has 0 aliphatic heterocycles. The zero-order chi connectivity index (χ0) is 6.41. The average molecular weight is 110 g/mol. The van der Waals surface area contributed by atoms with Gasteiger partial charge in [-0.2, -0.15) is 0 Å². The number of hydrogen-bond donors (Lipinski definition) is 2. The maximum Gasteiger partial charge on any atom is 0.0848 e. The van der Waals surface area contributed by atoms with E-state index in [4.69, 9.17) is 17.9 Å². The Labute approximate surface area is 49.6 Å². The van der Waals surface area contributed by atoms with Crippen molar-refractivity contribution in [3.63, 3.8) is 0 Å². The van der Waals surface area contributed by atoms with E-state index >= 15 is 0 Å². The molecule has 44 valence electrons. The lowest BCUT2D eigenvalue weighted by Gasteiger charge is -1.90. The second-order valence-corrected chi connectivity index (χ2v) is 1.36. The molecule has 0 aliphatic rings. The van der Waals surface area contributed by atoms with Crippen LogP contribution in [0.25, 0.3) is 0 Å². The van der Waals surface area contributed by atoms with Crippen molar-refractivity contribution in [2.75, 3.05) is 6.54 Å². The molecule has 1 atom stereocenters. The Bertz CT molecular complexity index is 110. The van der Waals surface area contributed by atoms with Gasteiger partial charge >= 0.3 is 0 Å². The molecule has 0 aromatic carbocycles. The van der Waals surface area contributed by atoms with E-state index in [0.717, 1.165) is 0 Å². The van der Waals surface area contributed by atoms with Crippen LogP contribution in [-0.4, -0.2) is 12.6 Å². The molecule has 2 nitrogen and oxygen atoms in total. The van der Waals surface area contributed by atoms with Crippen molar-refractivity contribution in [2.24, 2.45) is 11.5 Å². The summed E-state index contributed by atoms with van der Waals surface area (Å²) in [6.07, 6.45) is 8.38. The summed E-state index contributed by atoms with van der Waals surface area (Å²) in [4.78, 5) is 0. The van der Waals surface area contributed by atoms with Gasteiger partial charge < -0.3 is 11.5 Å². The molecule has 0 spiro atoms. The molecule has 0 aromatic rings. The van der Waals surface area contributed by atoms with Crippen LogP contribution < -0.4 is 11.5 Å². The number of nitrogens with two attached hydrogens (primary N) is 2. The van der Waals surface area contributed by atoms with Gasteiger partial charge in [0.05, 0.1) is 6.04 Å². The molecule has 2 heteroatoms. The SMILES string of the molecule is C#CC(N)/C=C/CN. The molecule has 0 heterocycles. The van der Waals surface area contributed by atoms with Gasteiger partial charge in [0.2, 0.25) is 0 Å². The minimum absolute atomic E-state index is 0.279. The highest BCUT2D eigenvalue weighted by Gasteiger charge is 1.82. The Kier molecular flexibility index (Phi) is 3.95. The van der Waals surface area contributed by atoms with E-state index in [0.29, 0.717) is 6.54 Å². The molecule has 0 bridgehead atoms. The fourth-order valence-corrected chi connectivity index (χ4v) is 0.281. The summed E-state index contributed by atoms with van der Waals surface area (Å²) in [5.74, 6) is 2.34. The van der Waals surface area contributed by atoms with E-state index in [9.17, 15) is 0 Å². The first-order valence-electron chi connectivity index (χ1n) is 2.39. The Hall–Kier alpha value is -0.780. The second kappa shape index (κ2) is 4.38. The topological polar surface area (TPSA) is 52.0 Å². The van der Waals surface area contributed by atoms with Gasteiger partial charge in [-0.05, 0) is 0 Å². The van der Waals surface area contributed by atoms with Gasteiger partial charge in [-0.1, -0.05) is 18.1 Å². The molecular formula is C6H10N2. The normalized spacial score (nSPS) is 13.6. The van der Waals surface area contributed by atoms with Crippen LogP contribution in [0.3, 0.4) is 0 Å². The summed E-state index contributed by atoms with van der Waals surface area (Å²) in [7, 11) is 0. The first kappa shape index (κ1) is 7.22. The molecule has 0 saturated heterocycles. The molecule has 0 saturated carbocycles. The quantitative estimate of drug-likeness (QED) is 0.370. The van der Waals surface area contributed by atoms with Gasteiger partial charge in [0.25, 0.3) is 0 Å². The molecule has 0 radical (unpaired) electrons. The van der Waals surface area contributed by atoms with Crippen molar-refractivity contribution >= 4 is 0 Å². The second-order valence-electron chi connectivity index (χ2n) is 1.36. The molecule has 4 N–H and O–H groups in total. The Morgan fingerprint density at radius 1 is 1.75 bits per heavy atom. The lowest BCUT2D eigenvalue weighted by atomic mass is 10.3. The van der Waals surface area contributed by atoms with Crippen LogP contribution in [-0.2, 0) is 0 Å². The summed E-state index contributed by atoms with van der Waals surface area (Å²) >= 11 is 0. The average Bonchev–Trinajstić information content (AvgIpc) is 1.83. The highest BCUT2D eigenvalue weighted by Crippen LogP contribution is 1.75. The molecule has 0 aliphatic carbocycles. The first-order valence-corrected chi connectivity index (χ1v) is 2.39. The maximum absolute atomic E-state index is 5.28. The van der Waals surface area contributed by atoms with Crippen molar-refractivity contribution in [3.8, 4) is 12.3 Å². The van der Waals surface area contributed by atoms with Crippen LogP contribution in [0.2, 0.25) is 0 Å². The highest BCUT2D eigenvalue weighted by atomic mass is 14.6. The van der Waals surface area contributed by atoms with Gasteiger partial charge in [-0.25, -0.2) is 0 Å². The van der Waals surface area contributed by atoms with Crippen molar-refractivity contribution in [1.82, 2.24) is 0 Å².